The van der Waals surface area contributed by atoms with Gasteiger partial charge in [0.1, 0.15) is 31.0 Å². The van der Waals surface area contributed by atoms with Crippen molar-refractivity contribution in [3.63, 3.8) is 0 Å². The minimum absolute atomic E-state index is 0.126. The van der Waals surface area contributed by atoms with Crippen molar-refractivity contribution >= 4 is 27.7 Å². The van der Waals surface area contributed by atoms with E-state index in [2.05, 4.69) is 4.72 Å². The van der Waals surface area contributed by atoms with E-state index in [1.165, 1.54) is 0 Å². The number of ether oxygens (including phenoxy) is 5. The van der Waals surface area contributed by atoms with Crippen molar-refractivity contribution in [3.8, 4) is 0 Å². The Morgan fingerprint density at radius 2 is 1.74 bits per heavy atom. The molecule has 1 aliphatic carbocycles. The maximum absolute atomic E-state index is 13.2. The van der Waals surface area contributed by atoms with Gasteiger partial charge in [0.25, 0.3) is 0 Å². The van der Waals surface area contributed by atoms with Crippen molar-refractivity contribution < 1.29 is 57.3 Å². The number of carbonyl (C=O) groups excluding carboxylic acids is 1. The molecule has 1 aromatic rings. The lowest BCUT2D eigenvalue weighted by Crippen LogP contribution is -2.60. The molecular weight excluding hydrogens is 696 g/mol. The summed E-state index contributed by atoms with van der Waals surface area (Å²) in [5.41, 5.74) is 0.864. The standard InChI is InChI=1S/C34H53ClN2O12S/c1-5-22(4)37(34(42)45-19-23-10-7-6-8-11-23)17-24-13-12-20(2)32(46-24)48-30-26(18-38)47-33(29(30)41)49-31-27(39)21(3)16-25(28(31)40)36-50(43,44)15-9-14-35/h6-8,10-13,20-22,24-33,36,38-41H,5,9,14-19H2,1-4H3. The molecule has 0 aromatic heterocycles. The Kier molecular flexibility index (Phi) is 15.3. The molecule has 0 spiro atoms. The molecule has 1 saturated heterocycles. The molecule has 13 atom stereocenters. The van der Waals surface area contributed by atoms with E-state index in [0.717, 1.165) is 5.56 Å². The predicted octanol–water partition coefficient (Wildman–Crippen LogP) is 1.87. The number of nitrogens with zero attached hydrogens (tertiary/aromatic N) is 1. The third kappa shape index (κ3) is 10.6. The molecule has 3 aliphatic rings. The summed E-state index contributed by atoms with van der Waals surface area (Å²) in [6.45, 7) is 7.19. The highest BCUT2D eigenvalue weighted by Gasteiger charge is 2.51. The first-order valence-corrected chi connectivity index (χ1v) is 19.5. The van der Waals surface area contributed by atoms with Gasteiger partial charge in [-0.25, -0.2) is 17.9 Å². The number of aliphatic hydroxyl groups excluding tert-OH is 4. The SMILES string of the molecule is CCC(C)N(CC1C=CC(C)C(OC2C(CO)OC(OC3C(O)C(C)CC(NS(=O)(=O)CCCCl)C3O)C2O)O1)C(=O)OCc1ccccc1. The van der Waals surface area contributed by atoms with Crippen molar-refractivity contribution in [3.05, 3.63) is 48.0 Å². The number of alkyl halides is 1. The Morgan fingerprint density at radius 1 is 1.04 bits per heavy atom. The molecule has 5 N–H and O–H groups in total. The molecule has 1 saturated carbocycles. The van der Waals surface area contributed by atoms with Gasteiger partial charge in [-0.05, 0) is 37.7 Å². The summed E-state index contributed by atoms with van der Waals surface area (Å²) in [5.74, 6) is -0.831. The summed E-state index contributed by atoms with van der Waals surface area (Å²) in [6, 6.07) is 8.26. The van der Waals surface area contributed by atoms with E-state index in [-0.39, 0.29) is 49.6 Å². The molecule has 16 heteroatoms. The zero-order valence-electron chi connectivity index (χ0n) is 29.0. The average Bonchev–Trinajstić information content (AvgIpc) is 3.40. The molecule has 2 aliphatic heterocycles. The van der Waals surface area contributed by atoms with Crippen LogP contribution in [0.3, 0.4) is 0 Å². The quantitative estimate of drug-likeness (QED) is 0.122. The summed E-state index contributed by atoms with van der Waals surface area (Å²) in [6.07, 6.45) is -6.31. The Labute approximate surface area is 299 Å². The van der Waals surface area contributed by atoms with Crippen LogP contribution >= 0.6 is 11.6 Å². The highest BCUT2D eigenvalue weighted by molar-refractivity contribution is 7.89. The topological polar surface area (TPSA) is 194 Å². The highest BCUT2D eigenvalue weighted by Crippen LogP contribution is 2.34. The second-order valence-corrected chi connectivity index (χ2v) is 15.7. The van der Waals surface area contributed by atoms with Crippen LogP contribution in [0.25, 0.3) is 0 Å². The maximum atomic E-state index is 13.2. The van der Waals surface area contributed by atoms with Crippen LogP contribution in [0.15, 0.2) is 42.5 Å². The molecule has 0 radical (unpaired) electrons. The van der Waals surface area contributed by atoms with Crippen molar-refractivity contribution in [1.29, 1.82) is 0 Å². The molecule has 2 heterocycles. The summed E-state index contributed by atoms with van der Waals surface area (Å²) in [5, 5.41) is 43.5. The van der Waals surface area contributed by atoms with E-state index in [9.17, 15) is 33.6 Å². The van der Waals surface area contributed by atoms with Gasteiger partial charge < -0.3 is 49.0 Å². The van der Waals surface area contributed by atoms with E-state index >= 15 is 0 Å². The van der Waals surface area contributed by atoms with Gasteiger partial charge in [0, 0.05) is 17.8 Å². The van der Waals surface area contributed by atoms with Crippen LogP contribution in [0.4, 0.5) is 4.79 Å². The summed E-state index contributed by atoms with van der Waals surface area (Å²) < 4.78 is 57.4. The number of carbonyl (C=O) groups is 1. The number of aliphatic hydroxyl groups is 4. The van der Waals surface area contributed by atoms with Crippen LogP contribution in [-0.4, -0.2) is 132 Å². The number of hydrogen-bond acceptors (Lipinski definition) is 12. The van der Waals surface area contributed by atoms with Crippen LogP contribution in [0.2, 0.25) is 0 Å². The van der Waals surface area contributed by atoms with Crippen molar-refractivity contribution in [1.82, 2.24) is 9.62 Å². The van der Waals surface area contributed by atoms with Gasteiger partial charge in [0.05, 0.1) is 43.3 Å². The number of halogens is 1. The Hall–Kier alpha value is -1.89. The molecule has 50 heavy (non-hydrogen) atoms. The maximum Gasteiger partial charge on any atom is 0.410 e. The smallest absolute Gasteiger partial charge is 0.410 e. The van der Waals surface area contributed by atoms with Gasteiger partial charge in [-0.3, -0.25) is 0 Å². The van der Waals surface area contributed by atoms with Crippen molar-refractivity contribution in [2.75, 3.05) is 24.8 Å². The second kappa shape index (κ2) is 18.7. The van der Waals surface area contributed by atoms with E-state index in [4.69, 9.17) is 35.3 Å². The molecule has 13 unspecified atom stereocenters. The number of rotatable bonds is 16. The minimum atomic E-state index is -3.77. The Bertz CT molecular complexity index is 1340. The minimum Gasteiger partial charge on any atom is -0.445 e. The highest BCUT2D eigenvalue weighted by atomic mass is 35.5. The third-order valence-corrected chi connectivity index (χ3v) is 11.3. The largest absolute Gasteiger partial charge is 0.445 e. The monoisotopic (exact) mass is 748 g/mol. The van der Waals surface area contributed by atoms with Gasteiger partial charge in [-0.1, -0.05) is 63.3 Å². The fraction of sp³-hybridized carbons (Fsp3) is 0.735. The van der Waals surface area contributed by atoms with Gasteiger partial charge in [0.15, 0.2) is 12.6 Å². The number of hydrogen-bond donors (Lipinski definition) is 5. The Morgan fingerprint density at radius 3 is 2.40 bits per heavy atom. The Balaban J connectivity index is 1.40. The van der Waals surface area contributed by atoms with Gasteiger partial charge in [-0.15, -0.1) is 11.6 Å². The lowest BCUT2D eigenvalue weighted by atomic mass is 9.81. The lowest BCUT2D eigenvalue weighted by molar-refractivity contribution is -0.248. The van der Waals surface area contributed by atoms with E-state index < -0.39 is 90.0 Å². The first kappa shape index (κ1) is 40.9. The van der Waals surface area contributed by atoms with E-state index in [0.29, 0.717) is 6.42 Å². The molecule has 284 valence electrons. The average molecular weight is 749 g/mol. The fourth-order valence-corrected chi connectivity index (χ4v) is 7.96. The zero-order chi connectivity index (χ0) is 36.6. The van der Waals surface area contributed by atoms with Crippen molar-refractivity contribution in [2.45, 2.75) is 121 Å². The third-order valence-electron chi connectivity index (χ3n) is 9.53. The number of benzene rings is 1. The van der Waals surface area contributed by atoms with Crippen LogP contribution in [0.1, 0.15) is 52.5 Å². The molecule has 14 nitrogen and oxygen atoms in total. The van der Waals surface area contributed by atoms with Gasteiger partial charge in [0.2, 0.25) is 10.0 Å². The van der Waals surface area contributed by atoms with Crippen LogP contribution in [0.5, 0.6) is 0 Å². The molecule has 1 amide bonds. The van der Waals surface area contributed by atoms with Crippen LogP contribution in [-0.2, 0) is 40.3 Å². The van der Waals surface area contributed by atoms with Gasteiger partial charge >= 0.3 is 6.09 Å². The summed E-state index contributed by atoms with van der Waals surface area (Å²) in [4.78, 5) is 14.8. The molecule has 4 rings (SSSR count). The molecule has 1 aromatic carbocycles. The zero-order valence-corrected chi connectivity index (χ0v) is 30.6. The summed E-state index contributed by atoms with van der Waals surface area (Å²) in [7, 11) is -3.77. The van der Waals surface area contributed by atoms with E-state index in [1.807, 2.05) is 63.3 Å². The number of amides is 1. The lowest BCUT2D eigenvalue weighted by Gasteiger charge is -2.42. The number of nitrogens with one attached hydrogen (secondary N) is 1. The first-order valence-electron chi connectivity index (χ1n) is 17.3. The van der Waals surface area contributed by atoms with Gasteiger partial charge in [-0.2, -0.15) is 0 Å². The molecule has 0 bridgehead atoms. The molecule has 2 fully saturated rings. The summed E-state index contributed by atoms with van der Waals surface area (Å²) >= 11 is 5.65. The van der Waals surface area contributed by atoms with Crippen LogP contribution in [0, 0.1) is 11.8 Å². The first-order chi connectivity index (χ1) is 23.8. The molecular formula is C34H53ClN2O12S. The normalized spacial score (nSPS) is 35.1. The van der Waals surface area contributed by atoms with Crippen molar-refractivity contribution in [2.24, 2.45) is 11.8 Å². The van der Waals surface area contributed by atoms with Crippen LogP contribution < -0.4 is 4.72 Å². The fourth-order valence-electron chi connectivity index (χ4n) is 6.33. The predicted molar refractivity (Wildman–Crippen MR) is 183 cm³/mol. The second-order valence-electron chi connectivity index (χ2n) is 13.4. The van der Waals surface area contributed by atoms with E-state index in [1.54, 1.807) is 11.8 Å². The number of sulfonamides is 1.